The van der Waals surface area contributed by atoms with E-state index in [4.69, 9.17) is 10.00 Å². The highest BCUT2D eigenvalue weighted by atomic mass is 16.5. The summed E-state index contributed by atoms with van der Waals surface area (Å²) in [5.74, 6) is 0. The van der Waals surface area contributed by atoms with Gasteiger partial charge in [-0.05, 0) is 23.3 Å². The first-order chi connectivity index (χ1) is 9.86. The second-order valence-electron chi connectivity index (χ2n) is 4.93. The molecule has 0 saturated carbocycles. The summed E-state index contributed by atoms with van der Waals surface area (Å²) in [6.45, 7) is 1.44. The van der Waals surface area contributed by atoms with Crippen LogP contribution in [0.25, 0.3) is 0 Å². The van der Waals surface area contributed by atoms with Gasteiger partial charge in [0.25, 0.3) is 0 Å². The summed E-state index contributed by atoms with van der Waals surface area (Å²) < 4.78 is 5.96. The molecule has 3 rings (SSSR count). The zero-order valence-electron chi connectivity index (χ0n) is 11.1. The Morgan fingerprint density at radius 3 is 2.35 bits per heavy atom. The normalized spacial score (nSPS) is 22.1. The van der Waals surface area contributed by atoms with Gasteiger partial charge in [0.2, 0.25) is 0 Å². The van der Waals surface area contributed by atoms with Crippen molar-refractivity contribution >= 4 is 0 Å². The lowest BCUT2D eigenvalue weighted by Gasteiger charge is -2.31. The number of benzene rings is 2. The lowest BCUT2D eigenvalue weighted by Crippen LogP contribution is -2.36. The molecular formula is C17H16N2O. The Bertz CT molecular complexity index is 593. The maximum atomic E-state index is 8.81. The van der Waals surface area contributed by atoms with Gasteiger partial charge in [0.1, 0.15) is 0 Å². The largest absolute Gasteiger partial charge is 0.370 e. The van der Waals surface area contributed by atoms with Gasteiger partial charge in [0.05, 0.1) is 30.4 Å². The van der Waals surface area contributed by atoms with Gasteiger partial charge in [-0.15, -0.1) is 0 Å². The zero-order chi connectivity index (χ0) is 13.8. The molecule has 0 bridgehead atoms. The Morgan fingerprint density at radius 2 is 1.75 bits per heavy atom. The van der Waals surface area contributed by atoms with E-state index in [-0.39, 0.29) is 12.1 Å². The molecule has 1 fully saturated rings. The molecular weight excluding hydrogens is 248 g/mol. The maximum Gasteiger partial charge on any atom is 0.0991 e. The molecule has 1 heterocycles. The number of ether oxygens (including phenoxy) is 1. The standard InChI is InChI=1S/C17H16N2O/c18-10-13-6-8-15(9-7-13)17-11-19-16(12-20-17)14-4-2-1-3-5-14/h1-9,16-17,19H,11-12H2. The van der Waals surface area contributed by atoms with Crippen LogP contribution < -0.4 is 5.32 Å². The van der Waals surface area contributed by atoms with Crippen LogP contribution in [-0.2, 0) is 4.74 Å². The van der Waals surface area contributed by atoms with Gasteiger partial charge in [-0.1, -0.05) is 42.5 Å². The fourth-order valence-corrected chi connectivity index (χ4v) is 2.47. The zero-order valence-corrected chi connectivity index (χ0v) is 11.1. The van der Waals surface area contributed by atoms with E-state index in [1.54, 1.807) is 0 Å². The third-order valence-electron chi connectivity index (χ3n) is 3.63. The maximum absolute atomic E-state index is 8.81. The lowest BCUT2D eigenvalue weighted by atomic mass is 10.0. The lowest BCUT2D eigenvalue weighted by molar-refractivity contribution is 0.00237. The molecule has 2 aromatic carbocycles. The highest BCUT2D eigenvalue weighted by molar-refractivity contribution is 5.33. The van der Waals surface area contributed by atoms with Crippen molar-refractivity contribution in [2.45, 2.75) is 12.1 Å². The fraction of sp³-hybridized carbons (Fsp3) is 0.235. The number of nitrogens with one attached hydrogen (secondary N) is 1. The molecule has 1 N–H and O–H groups in total. The molecule has 0 radical (unpaired) electrons. The van der Waals surface area contributed by atoms with E-state index in [9.17, 15) is 0 Å². The quantitative estimate of drug-likeness (QED) is 0.907. The topological polar surface area (TPSA) is 45.0 Å². The van der Waals surface area contributed by atoms with Crippen LogP contribution in [0.5, 0.6) is 0 Å². The number of nitrogens with zero attached hydrogens (tertiary/aromatic N) is 1. The number of hydrogen-bond acceptors (Lipinski definition) is 3. The van der Waals surface area contributed by atoms with Gasteiger partial charge in [-0.3, -0.25) is 0 Å². The van der Waals surface area contributed by atoms with Crippen LogP contribution in [-0.4, -0.2) is 13.2 Å². The summed E-state index contributed by atoms with van der Waals surface area (Å²) in [6, 6.07) is 20.3. The molecule has 2 aromatic rings. The Morgan fingerprint density at radius 1 is 1.00 bits per heavy atom. The van der Waals surface area contributed by atoms with Gasteiger partial charge in [0.15, 0.2) is 0 Å². The molecule has 2 unspecified atom stereocenters. The van der Waals surface area contributed by atoms with E-state index >= 15 is 0 Å². The minimum Gasteiger partial charge on any atom is -0.370 e. The number of rotatable bonds is 2. The molecule has 0 aliphatic carbocycles. The molecule has 20 heavy (non-hydrogen) atoms. The van der Waals surface area contributed by atoms with E-state index in [0.29, 0.717) is 12.2 Å². The van der Waals surface area contributed by atoms with Crippen LogP contribution in [0.1, 0.15) is 28.8 Å². The molecule has 1 aliphatic rings. The average molecular weight is 264 g/mol. The van der Waals surface area contributed by atoms with Gasteiger partial charge < -0.3 is 10.1 Å². The molecule has 1 saturated heterocycles. The first kappa shape index (κ1) is 12.9. The van der Waals surface area contributed by atoms with Crippen molar-refractivity contribution in [3.05, 3.63) is 71.3 Å². The molecule has 100 valence electrons. The smallest absolute Gasteiger partial charge is 0.0991 e. The Labute approximate surface area is 118 Å². The third-order valence-corrected chi connectivity index (χ3v) is 3.63. The molecule has 1 aliphatic heterocycles. The number of nitriles is 1. The molecule has 0 aromatic heterocycles. The van der Waals surface area contributed by atoms with Crippen LogP contribution in [0.2, 0.25) is 0 Å². The molecule has 2 atom stereocenters. The van der Waals surface area contributed by atoms with Gasteiger partial charge >= 0.3 is 0 Å². The molecule has 0 spiro atoms. The van der Waals surface area contributed by atoms with Crippen LogP contribution in [0.15, 0.2) is 54.6 Å². The van der Waals surface area contributed by atoms with Crippen molar-refractivity contribution < 1.29 is 4.74 Å². The number of hydrogen-bond donors (Lipinski definition) is 1. The van der Waals surface area contributed by atoms with Crippen molar-refractivity contribution in [3.8, 4) is 6.07 Å². The second-order valence-corrected chi connectivity index (χ2v) is 4.93. The second kappa shape index (κ2) is 5.87. The average Bonchev–Trinajstić information content (AvgIpc) is 2.56. The van der Waals surface area contributed by atoms with Gasteiger partial charge in [0, 0.05) is 6.54 Å². The Kier molecular flexibility index (Phi) is 3.78. The Balaban J connectivity index is 1.65. The predicted octanol–water partition coefficient (Wildman–Crippen LogP) is 2.96. The van der Waals surface area contributed by atoms with Gasteiger partial charge in [-0.2, -0.15) is 5.26 Å². The highest BCUT2D eigenvalue weighted by Gasteiger charge is 2.23. The van der Waals surface area contributed by atoms with E-state index in [2.05, 4.69) is 23.5 Å². The van der Waals surface area contributed by atoms with E-state index in [1.165, 1.54) is 5.56 Å². The summed E-state index contributed by atoms with van der Waals surface area (Å²) in [4.78, 5) is 0. The molecule has 3 nitrogen and oxygen atoms in total. The first-order valence-corrected chi connectivity index (χ1v) is 6.77. The fourth-order valence-electron chi connectivity index (χ4n) is 2.47. The summed E-state index contributed by atoms with van der Waals surface area (Å²) in [6.07, 6.45) is 0.0581. The van der Waals surface area contributed by atoms with E-state index in [1.807, 2.05) is 42.5 Å². The molecule has 3 heteroatoms. The van der Waals surface area contributed by atoms with Crippen molar-refractivity contribution in [2.75, 3.05) is 13.2 Å². The SMILES string of the molecule is N#Cc1ccc(C2CNC(c3ccccc3)CO2)cc1. The predicted molar refractivity (Wildman–Crippen MR) is 77.0 cm³/mol. The van der Waals surface area contributed by atoms with E-state index < -0.39 is 0 Å². The van der Waals surface area contributed by atoms with Crippen molar-refractivity contribution in [1.82, 2.24) is 5.32 Å². The van der Waals surface area contributed by atoms with Crippen LogP contribution >= 0.6 is 0 Å². The minimum absolute atomic E-state index is 0.0581. The van der Waals surface area contributed by atoms with Gasteiger partial charge in [-0.25, -0.2) is 0 Å². The summed E-state index contributed by atoms with van der Waals surface area (Å²) in [5.41, 5.74) is 3.05. The summed E-state index contributed by atoms with van der Waals surface area (Å²) >= 11 is 0. The minimum atomic E-state index is 0.0581. The summed E-state index contributed by atoms with van der Waals surface area (Å²) in [5, 5.41) is 12.3. The van der Waals surface area contributed by atoms with Crippen molar-refractivity contribution in [1.29, 1.82) is 5.26 Å². The molecule has 0 amide bonds. The van der Waals surface area contributed by atoms with Crippen molar-refractivity contribution in [3.63, 3.8) is 0 Å². The Hall–Kier alpha value is -2.15. The van der Waals surface area contributed by atoms with Crippen LogP contribution in [0.3, 0.4) is 0 Å². The summed E-state index contributed by atoms with van der Waals surface area (Å²) in [7, 11) is 0. The third kappa shape index (κ3) is 2.72. The van der Waals surface area contributed by atoms with E-state index in [0.717, 1.165) is 12.1 Å². The van der Waals surface area contributed by atoms with Crippen LogP contribution in [0.4, 0.5) is 0 Å². The number of morpholine rings is 1. The highest BCUT2D eigenvalue weighted by Crippen LogP contribution is 2.25. The van der Waals surface area contributed by atoms with Crippen LogP contribution in [0, 0.1) is 11.3 Å². The monoisotopic (exact) mass is 264 g/mol. The van der Waals surface area contributed by atoms with Crippen molar-refractivity contribution in [2.24, 2.45) is 0 Å². The first-order valence-electron chi connectivity index (χ1n) is 6.77.